The van der Waals surface area contributed by atoms with Crippen LogP contribution in [-0.2, 0) is 0 Å². The van der Waals surface area contributed by atoms with Crippen molar-refractivity contribution in [3.05, 3.63) is 0 Å². The van der Waals surface area contributed by atoms with E-state index in [0.29, 0.717) is 5.92 Å². The molecular formula is C4H7Br2Cl. The molecule has 0 atom stereocenters. The lowest BCUT2D eigenvalue weighted by Gasteiger charge is -2.14. The number of hydrogen-bond donors (Lipinski definition) is 0. The van der Waals surface area contributed by atoms with Crippen LogP contribution in [0.4, 0.5) is 0 Å². The van der Waals surface area contributed by atoms with Gasteiger partial charge in [0.2, 0.25) is 0 Å². The largest absolute Gasteiger partial charge is 0.155 e. The molecule has 0 aromatic carbocycles. The van der Waals surface area contributed by atoms with Crippen molar-refractivity contribution in [1.82, 2.24) is 0 Å². The third-order valence-electron chi connectivity index (χ3n) is 0.655. The molecule has 44 valence electrons. The highest BCUT2D eigenvalue weighted by atomic mass is 79.9. The smallest absolute Gasteiger partial charge is 0.0937 e. The highest BCUT2D eigenvalue weighted by Crippen LogP contribution is 2.38. The lowest BCUT2D eigenvalue weighted by molar-refractivity contribution is 0.699. The summed E-state index contributed by atoms with van der Waals surface area (Å²) in [5, 5.41) is 0. The molecule has 0 radical (unpaired) electrons. The third kappa shape index (κ3) is 3.80. The van der Waals surface area contributed by atoms with Crippen molar-refractivity contribution in [2.24, 2.45) is 5.92 Å². The number of alkyl halides is 3. The van der Waals surface area contributed by atoms with E-state index in [-0.39, 0.29) is 0 Å². The Balaban J connectivity index is 3.54. The van der Waals surface area contributed by atoms with Crippen molar-refractivity contribution in [1.29, 1.82) is 0 Å². The fourth-order valence-corrected chi connectivity index (χ4v) is 0. The second-order valence-electron chi connectivity index (χ2n) is 1.70. The van der Waals surface area contributed by atoms with Gasteiger partial charge in [0.15, 0.2) is 2.69 Å². The van der Waals surface area contributed by atoms with Gasteiger partial charge in [0.05, 0.1) is 0 Å². The predicted molar refractivity (Wildman–Crippen MR) is 41.3 cm³/mol. The third-order valence-corrected chi connectivity index (χ3v) is 2.92. The van der Waals surface area contributed by atoms with Crippen LogP contribution in [0.5, 0.6) is 0 Å². The van der Waals surface area contributed by atoms with Crippen LogP contribution in [0, 0.1) is 5.92 Å². The van der Waals surface area contributed by atoms with E-state index in [1.165, 1.54) is 0 Å². The minimum absolute atomic E-state index is 0.397. The van der Waals surface area contributed by atoms with E-state index < -0.39 is 2.69 Å². The Kier molecular flexibility index (Phi) is 3.18. The molecule has 3 heteroatoms. The first-order valence-corrected chi connectivity index (χ1v) is 3.97. The molecule has 0 aliphatic heterocycles. The molecule has 0 N–H and O–H groups in total. The van der Waals surface area contributed by atoms with Gasteiger partial charge in [0, 0.05) is 0 Å². The summed E-state index contributed by atoms with van der Waals surface area (Å²) in [6.45, 7) is 4.05. The normalized spacial score (nSPS) is 12.9. The van der Waals surface area contributed by atoms with Gasteiger partial charge in [-0.3, -0.25) is 0 Å². The zero-order valence-electron chi connectivity index (χ0n) is 4.21. The van der Waals surface area contributed by atoms with Gasteiger partial charge in [-0.1, -0.05) is 57.3 Å². The first-order chi connectivity index (χ1) is 2.94. The van der Waals surface area contributed by atoms with E-state index in [1.54, 1.807) is 0 Å². The van der Waals surface area contributed by atoms with Crippen LogP contribution in [0.15, 0.2) is 0 Å². The summed E-state index contributed by atoms with van der Waals surface area (Å²) in [7, 11) is 0. The first kappa shape index (κ1) is 8.25. The van der Waals surface area contributed by atoms with Crippen LogP contribution in [-0.4, -0.2) is 2.69 Å². The second-order valence-corrected chi connectivity index (χ2v) is 6.77. The Morgan fingerprint density at radius 3 is 1.57 bits per heavy atom. The van der Waals surface area contributed by atoms with Crippen LogP contribution in [0.1, 0.15) is 13.8 Å². The van der Waals surface area contributed by atoms with E-state index in [2.05, 4.69) is 31.9 Å². The Hall–Kier alpha value is 1.25. The molecule has 0 aliphatic rings. The average molecular weight is 250 g/mol. The summed E-state index contributed by atoms with van der Waals surface area (Å²) in [5.74, 6) is 0.397. The first-order valence-electron chi connectivity index (χ1n) is 2.01. The van der Waals surface area contributed by atoms with Crippen LogP contribution in [0.3, 0.4) is 0 Å². The molecule has 0 unspecified atom stereocenters. The van der Waals surface area contributed by atoms with Crippen molar-refractivity contribution in [2.45, 2.75) is 16.5 Å². The molecule has 0 saturated carbocycles. The number of rotatable bonds is 1. The van der Waals surface area contributed by atoms with E-state index in [4.69, 9.17) is 11.6 Å². The van der Waals surface area contributed by atoms with Crippen molar-refractivity contribution >= 4 is 43.5 Å². The fraction of sp³-hybridized carbons (Fsp3) is 1.00. The number of halogens is 3. The molecule has 0 spiro atoms. The molecular weight excluding hydrogens is 243 g/mol. The molecule has 0 rings (SSSR count). The van der Waals surface area contributed by atoms with Crippen molar-refractivity contribution in [2.75, 3.05) is 0 Å². The van der Waals surface area contributed by atoms with Crippen LogP contribution in [0.25, 0.3) is 0 Å². The SMILES string of the molecule is CC(C)C(Cl)(Br)Br. The molecule has 7 heavy (non-hydrogen) atoms. The van der Waals surface area contributed by atoms with Crippen LogP contribution < -0.4 is 0 Å². The van der Waals surface area contributed by atoms with Crippen LogP contribution in [0.2, 0.25) is 0 Å². The van der Waals surface area contributed by atoms with Gasteiger partial charge in [0.25, 0.3) is 0 Å². The number of hydrogen-bond acceptors (Lipinski definition) is 0. The Labute approximate surface area is 65.9 Å². The molecule has 0 aromatic rings. The summed E-state index contributed by atoms with van der Waals surface area (Å²) in [5.41, 5.74) is 0. The molecule has 0 saturated heterocycles. The monoisotopic (exact) mass is 248 g/mol. The zero-order valence-corrected chi connectivity index (χ0v) is 8.14. The van der Waals surface area contributed by atoms with Gasteiger partial charge in [-0.05, 0) is 5.92 Å². The van der Waals surface area contributed by atoms with Gasteiger partial charge in [-0.25, -0.2) is 0 Å². The zero-order chi connectivity index (χ0) is 6.08. The Morgan fingerprint density at radius 2 is 1.57 bits per heavy atom. The minimum Gasteiger partial charge on any atom is -0.0937 e. The molecule has 0 nitrogen and oxygen atoms in total. The van der Waals surface area contributed by atoms with Gasteiger partial charge in [-0.15, -0.1) is 0 Å². The average Bonchev–Trinajstić information content (AvgIpc) is 1.31. The fourth-order valence-electron chi connectivity index (χ4n) is 0. The lowest BCUT2D eigenvalue weighted by atomic mass is 10.3. The second kappa shape index (κ2) is 2.70. The topological polar surface area (TPSA) is 0 Å². The maximum absolute atomic E-state index is 5.70. The van der Waals surface area contributed by atoms with E-state index in [9.17, 15) is 0 Å². The Bertz CT molecular complexity index is 55.2. The summed E-state index contributed by atoms with van der Waals surface area (Å²) in [6.07, 6.45) is 0. The molecule has 0 amide bonds. The molecule has 0 aliphatic carbocycles. The van der Waals surface area contributed by atoms with Crippen molar-refractivity contribution < 1.29 is 0 Å². The Morgan fingerprint density at radius 1 is 1.43 bits per heavy atom. The lowest BCUT2D eigenvalue weighted by Crippen LogP contribution is -2.09. The summed E-state index contributed by atoms with van der Waals surface area (Å²) < 4.78 is -0.403. The minimum atomic E-state index is -0.403. The van der Waals surface area contributed by atoms with Gasteiger partial charge >= 0.3 is 0 Å². The standard InChI is InChI=1S/C4H7Br2Cl/c1-3(2)4(5,6)7/h3H,1-2H3. The summed E-state index contributed by atoms with van der Waals surface area (Å²) in [4.78, 5) is 0. The van der Waals surface area contributed by atoms with E-state index in [1.807, 2.05) is 13.8 Å². The molecule has 0 heterocycles. The van der Waals surface area contributed by atoms with Gasteiger partial charge < -0.3 is 0 Å². The maximum Gasteiger partial charge on any atom is 0.155 e. The van der Waals surface area contributed by atoms with Gasteiger partial charge in [-0.2, -0.15) is 0 Å². The highest BCUT2D eigenvalue weighted by molar-refractivity contribution is 9.26. The summed E-state index contributed by atoms with van der Waals surface area (Å²) in [6, 6.07) is 0. The van der Waals surface area contributed by atoms with Gasteiger partial charge in [0.1, 0.15) is 0 Å². The summed E-state index contributed by atoms with van der Waals surface area (Å²) >= 11 is 12.2. The molecule has 0 fully saturated rings. The van der Waals surface area contributed by atoms with Crippen molar-refractivity contribution in [3.8, 4) is 0 Å². The predicted octanol–water partition coefficient (Wildman–Crippen LogP) is 3.32. The van der Waals surface area contributed by atoms with E-state index in [0.717, 1.165) is 0 Å². The van der Waals surface area contributed by atoms with E-state index >= 15 is 0 Å². The quantitative estimate of drug-likeness (QED) is 0.626. The molecule has 0 aromatic heterocycles. The van der Waals surface area contributed by atoms with Crippen LogP contribution >= 0.6 is 43.5 Å². The highest BCUT2D eigenvalue weighted by Gasteiger charge is 2.22. The maximum atomic E-state index is 5.70. The molecule has 0 bridgehead atoms. The van der Waals surface area contributed by atoms with Crippen molar-refractivity contribution in [3.63, 3.8) is 0 Å².